The van der Waals surface area contributed by atoms with Gasteiger partial charge in [-0.1, -0.05) is 12.1 Å². The van der Waals surface area contributed by atoms with Gasteiger partial charge in [-0.05, 0) is 30.3 Å². The Hall–Kier alpha value is -3.41. The number of nitrogens with zero attached hydrogens (tertiary/aromatic N) is 3. The standard InChI is InChI=1S/C19H17N5O/c1-24-15(6-11-23-24)12-22-19(25)14-4-2-13(3-5-14)18-16-7-9-20-17(16)8-10-21-18/h2-11,20H,12H2,1H3,(H,22,25). The number of hydrogen-bond acceptors (Lipinski definition) is 3. The first-order valence-corrected chi connectivity index (χ1v) is 8.00. The van der Waals surface area contributed by atoms with Crippen molar-refractivity contribution < 1.29 is 4.79 Å². The van der Waals surface area contributed by atoms with Crippen LogP contribution in [-0.4, -0.2) is 25.7 Å². The van der Waals surface area contributed by atoms with Gasteiger partial charge in [0.05, 0.1) is 17.9 Å². The number of benzene rings is 1. The van der Waals surface area contributed by atoms with Gasteiger partial charge in [0.15, 0.2) is 0 Å². The van der Waals surface area contributed by atoms with Crippen LogP contribution in [0.25, 0.3) is 22.2 Å². The zero-order valence-electron chi connectivity index (χ0n) is 13.7. The fourth-order valence-corrected chi connectivity index (χ4v) is 2.84. The number of amides is 1. The number of nitrogens with one attached hydrogen (secondary N) is 2. The SMILES string of the molecule is Cn1nccc1CNC(=O)c1ccc(-c2nccc3[nH]ccc23)cc1. The Kier molecular flexibility index (Phi) is 3.78. The predicted molar refractivity (Wildman–Crippen MR) is 95.9 cm³/mol. The highest BCUT2D eigenvalue weighted by molar-refractivity contribution is 5.96. The third-order valence-corrected chi connectivity index (χ3v) is 4.25. The van der Waals surface area contributed by atoms with E-state index < -0.39 is 0 Å². The number of fused-ring (bicyclic) bond motifs is 1. The molecule has 0 aliphatic heterocycles. The number of carbonyl (C=O) groups is 1. The van der Waals surface area contributed by atoms with E-state index in [-0.39, 0.29) is 5.91 Å². The van der Waals surface area contributed by atoms with E-state index in [0.717, 1.165) is 27.9 Å². The maximum absolute atomic E-state index is 12.3. The summed E-state index contributed by atoms with van der Waals surface area (Å²) in [4.78, 5) is 20.0. The minimum Gasteiger partial charge on any atom is -0.361 e. The molecule has 0 fully saturated rings. The van der Waals surface area contributed by atoms with Crippen molar-refractivity contribution in [2.24, 2.45) is 7.05 Å². The minimum absolute atomic E-state index is 0.111. The summed E-state index contributed by atoms with van der Waals surface area (Å²) >= 11 is 0. The first-order valence-electron chi connectivity index (χ1n) is 8.00. The molecule has 0 atom stereocenters. The molecule has 0 radical (unpaired) electrons. The van der Waals surface area contributed by atoms with Crippen molar-refractivity contribution in [2.75, 3.05) is 0 Å². The summed E-state index contributed by atoms with van der Waals surface area (Å²) in [6, 6.07) is 13.3. The first kappa shape index (κ1) is 15.1. The molecule has 3 aromatic heterocycles. The molecule has 0 bridgehead atoms. The second kappa shape index (κ2) is 6.24. The van der Waals surface area contributed by atoms with Crippen LogP contribution in [0.1, 0.15) is 16.1 Å². The highest BCUT2D eigenvalue weighted by Gasteiger charge is 2.09. The third-order valence-electron chi connectivity index (χ3n) is 4.25. The minimum atomic E-state index is -0.111. The molecule has 0 spiro atoms. The molecule has 1 aromatic carbocycles. The van der Waals surface area contributed by atoms with Gasteiger partial charge in [0.2, 0.25) is 0 Å². The molecule has 6 nitrogen and oxygen atoms in total. The lowest BCUT2D eigenvalue weighted by molar-refractivity contribution is 0.0950. The Morgan fingerprint density at radius 3 is 2.72 bits per heavy atom. The maximum atomic E-state index is 12.3. The molecular formula is C19H17N5O. The fourth-order valence-electron chi connectivity index (χ4n) is 2.84. The molecule has 0 saturated carbocycles. The predicted octanol–water partition coefficient (Wildman–Crippen LogP) is 2.89. The van der Waals surface area contributed by atoms with Crippen molar-refractivity contribution in [3.8, 4) is 11.3 Å². The van der Waals surface area contributed by atoms with Gasteiger partial charge in [-0.15, -0.1) is 0 Å². The molecule has 4 aromatic rings. The van der Waals surface area contributed by atoms with Gasteiger partial charge in [0.25, 0.3) is 5.91 Å². The highest BCUT2D eigenvalue weighted by atomic mass is 16.1. The summed E-state index contributed by atoms with van der Waals surface area (Å²) in [6.45, 7) is 0.446. The summed E-state index contributed by atoms with van der Waals surface area (Å²) in [5.41, 5.74) is 4.50. The number of hydrogen-bond donors (Lipinski definition) is 2. The molecule has 4 rings (SSSR count). The van der Waals surface area contributed by atoms with Crippen LogP contribution in [0, 0.1) is 0 Å². The quantitative estimate of drug-likeness (QED) is 0.604. The van der Waals surface area contributed by atoms with E-state index >= 15 is 0 Å². The molecule has 0 aliphatic carbocycles. The fraction of sp³-hybridized carbons (Fsp3) is 0.105. The van der Waals surface area contributed by atoms with Gasteiger partial charge in [-0.25, -0.2) is 0 Å². The molecule has 1 amide bonds. The van der Waals surface area contributed by atoms with E-state index in [2.05, 4.69) is 20.4 Å². The number of pyridine rings is 1. The molecule has 6 heteroatoms. The number of H-pyrrole nitrogens is 1. The first-order chi connectivity index (χ1) is 12.2. The number of carbonyl (C=O) groups excluding carboxylic acids is 1. The number of aromatic nitrogens is 4. The summed E-state index contributed by atoms with van der Waals surface area (Å²) in [7, 11) is 1.85. The van der Waals surface area contributed by atoms with Crippen LogP contribution in [0.4, 0.5) is 0 Å². The van der Waals surface area contributed by atoms with Gasteiger partial charge in [-0.2, -0.15) is 5.10 Å². The average molecular weight is 331 g/mol. The van der Waals surface area contributed by atoms with Crippen molar-refractivity contribution in [1.82, 2.24) is 25.1 Å². The van der Waals surface area contributed by atoms with E-state index in [0.29, 0.717) is 12.1 Å². The summed E-state index contributed by atoms with van der Waals surface area (Å²) < 4.78 is 1.74. The second-order valence-electron chi connectivity index (χ2n) is 5.80. The Morgan fingerprint density at radius 2 is 1.96 bits per heavy atom. The molecule has 3 heterocycles. The molecule has 2 N–H and O–H groups in total. The summed E-state index contributed by atoms with van der Waals surface area (Å²) in [5, 5.41) is 8.06. The lowest BCUT2D eigenvalue weighted by Crippen LogP contribution is -2.23. The molecule has 124 valence electrons. The molecule has 0 aliphatic rings. The van der Waals surface area contributed by atoms with E-state index in [1.165, 1.54) is 0 Å². The number of rotatable bonds is 4. The monoisotopic (exact) mass is 331 g/mol. The number of aryl methyl sites for hydroxylation is 1. The lowest BCUT2D eigenvalue weighted by Gasteiger charge is -2.07. The Morgan fingerprint density at radius 1 is 1.12 bits per heavy atom. The molecular weight excluding hydrogens is 314 g/mol. The highest BCUT2D eigenvalue weighted by Crippen LogP contribution is 2.25. The smallest absolute Gasteiger partial charge is 0.251 e. The van der Waals surface area contributed by atoms with Crippen LogP contribution in [0.15, 0.2) is 61.1 Å². The Balaban J connectivity index is 1.53. The summed E-state index contributed by atoms with van der Waals surface area (Å²) in [6.07, 6.45) is 5.39. The van der Waals surface area contributed by atoms with E-state index in [1.54, 1.807) is 17.1 Å². The third kappa shape index (κ3) is 2.89. The van der Waals surface area contributed by atoms with Crippen LogP contribution in [0.3, 0.4) is 0 Å². The Bertz CT molecular complexity index is 1030. The number of aromatic amines is 1. The lowest BCUT2D eigenvalue weighted by atomic mass is 10.1. The van der Waals surface area contributed by atoms with Crippen LogP contribution in [-0.2, 0) is 13.6 Å². The topological polar surface area (TPSA) is 75.6 Å². The van der Waals surface area contributed by atoms with Crippen molar-refractivity contribution >= 4 is 16.8 Å². The zero-order valence-corrected chi connectivity index (χ0v) is 13.7. The van der Waals surface area contributed by atoms with Crippen molar-refractivity contribution in [2.45, 2.75) is 6.54 Å². The second-order valence-corrected chi connectivity index (χ2v) is 5.80. The summed E-state index contributed by atoms with van der Waals surface area (Å²) in [5.74, 6) is -0.111. The maximum Gasteiger partial charge on any atom is 0.251 e. The van der Waals surface area contributed by atoms with Crippen LogP contribution < -0.4 is 5.32 Å². The van der Waals surface area contributed by atoms with Gasteiger partial charge in [-0.3, -0.25) is 14.5 Å². The molecule has 0 saturated heterocycles. The van der Waals surface area contributed by atoms with Gasteiger partial charge in [0.1, 0.15) is 0 Å². The van der Waals surface area contributed by atoms with Crippen LogP contribution in [0.2, 0.25) is 0 Å². The van der Waals surface area contributed by atoms with E-state index in [9.17, 15) is 4.79 Å². The van der Waals surface area contributed by atoms with Crippen LogP contribution in [0.5, 0.6) is 0 Å². The molecule has 0 unspecified atom stereocenters. The van der Waals surface area contributed by atoms with Crippen molar-refractivity contribution in [3.63, 3.8) is 0 Å². The largest absolute Gasteiger partial charge is 0.361 e. The van der Waals surface area contributed by atoms with Crippen LogP contribution >= 0.6 is 0 Å². The molecule has 25 heavy (non-hydrogen) atoms. The van der Waals surface area contributed by atoms with Gasteiger partial charge in [0, 0.05) is 47.7 Å². The van der Waals surface area contributed by atoms with Crippen molar-refractivity contribution in [1.29, 1.82) is 0 Å². The van der Waals surface area contributed by atoms with E-state index in [4.69, 9.17) is 0 Å². The van der Waals surface area contributed by atoms with E-state index in [1.807, 2.05) is 55.7 Å². The van der Waals surface area contributed by atoms with Gasteiger partial charge >= 0.3 is 0 Å². The Labute approximate surface area is 144 Å². The van der Waals surface area contributed by atoms with Gasteiger partial charge < -0.3 is 10.3 Å². The normalized spacial score (nSPS) is 10.9. The average Bonchev–Trinajstić information content (AvgIpc) is 3.28. The zero-order chi connectivity index (χ0) is 17.2. The van der Waals surface area contributed by atoms with Crippen molar-refractivity contribution in [3.05, 3.63) is 72.3 Å².